The van der Waals surface area contributed by atoms with Gasteiger partial charge in [0.05, 0.1) is 13.2 Å². The van der Waals surface area contributed by atoms with Crippen LogP contribution < -0.4 is 0 Å². The Bertz CT molecular complexity index is 376. The molecule has 0 aliphatic heterocycles. The molecule has 100 valence electrons. The molecule has 0 amide bonds. The normalized spacial score (nSPS) is 11.0. The van der Waals surface area contributed by atoms with E-state index >= 15 is 0 Å². The van der Waals surface area contributed by atoms with E-state index in [9.17, 15) is 9.18 Å². The first kappa shape index (κ1) is 14.6. The Kier molecular flexibility index (Phi) is 5.78. The molecule has 0 heterocycles. The van der Waals surface area contributed by atoms with Gasteiger partial charge in [0.25, 0.3) is 0 Å². The van der Waals surface area contributed by atoms with Gasteiger partial charge in [-0.3, -0.25) is 9.69 Å². The summed E-state index contributed by atoms with van der Waals surface area (Å²) in [6.45, 7) is 7.07. The molecule has 4 heteroatoms. The van der Waals surface area contributed by atoms with E-state index in [2.05, 4.69) is 0 Å². The van der Waals surface area contributed by atoms with Crippen molar-refractivity contribution in [3.63, 3.8) is 0 Å². The van der Waals surface area contributed by atoms with Crippen molar-refractivity contribution >= 4 is 5.97 Å². The molecule has 0 fully saturated rings. The highest BCUT2D eigenvalue weighted by atomic mass is 19.1. The van der Waals surface area contributed by atoms with Crippen molar-refractivity contribution in [2.45, 2.75) is 33.4 Å². The van der Waals surface area contributed by atoms with Crippen molar-refractivity contribution in [2.24, 2.45) is 0 Å². The molecule has 0 N–H and O–H groups in total. The van der Waals surface area contributed by atoms with Crippen LogP contribution in [-0.4, -0.2) is 30.1 Å². The first-order chi connectivity index (χ1) is 8.52. The predicted octanol–water partition coefficient (Wildman–Crippen LogP) is 2.60. The highest BCUT2D eigenvalue weighted by molar-refractivity contribution is 5.71. The maximum absolute atomic E-state index is 12.8. The maximum atomic E-state index is 12.8. The number of benzene rings is 1. The van der Waals surface area contributed by atoms with Gasteiger partial charge in [-0.25, -0.2) is 4.39 Å². The Hall–Kier alpha value is -1.42. The Balaban J connectivity index is 2.62. The molecule has 0 saturated carbocycles. The summed E-state index contributed by atoms with van der Waals surface area (Å²) in [6, 6.07) is 6.54. The van der Waals surface area contributed by atoms with E-state index in [4.69, 9.17) is 4.74 Å². The minimum Gasteiger partial charge on any atom is -0.465 e. The third-order valence-corrected chi connectivity index (χ3v) is 2.67. The van der Waals surface area contributed by atoms with Crippen LogP contribution in [0.5, 0.6) is 0 Å². The van der Waals surface area contributed by atoms with Crippen LogP contribution in [0.4, 0.5) is 4.39 Å². The lowest BCUT2D eigenvalue weighted by Gasteiger charge is -2.25. The topological polar surface area (TPSA) is 29.5 Å². The summed E-state index contributed by atoms with van der Waals surface area (Å²) in [5, 5.41) is 0. The van der Waals surface area contributed by atoms with Gasteiger partial charge in [0, 0.05) is 12.6 Å². The number of rotatable bonds is 6. The van der Waals surface area contributed by atoms with Gasteiger partial charge in [0.15, 0.2) is 0 Å². The molecule has 0 aliphatic carbocycles. The summed E-state index contributed by atoms with van der Waals surface area (Å²) in [5.74, 6) is -0.478. The van der Waals surface area contributed by atoms with Crippen LogP contribution in [0.25, 0.3) is 0 Å². The lowest BCUT2D eigenvalue weighted by Crippen LogP contribution is -2.36. The van der Waals surface area contributed by atoms with E-state index in [0.717, 1.165) is 5.56 Å². The lowest BCUT2D eigenvalue weighted by atomic mass is 10.2. The van der Waals surface area contributed by atoms with Crippen LogP contribution in [-0.2, 0) is 16.1 Å². The molecule has 0 unspecified atom stereocenters. The second-order valence-electron chi connectivity index (χ2n) is 4.43. The number of carbonyl (C=O) groups excluding carboxylic acids is 1. The summed E-state index contributed by atoms with van der Waals surface area (Å²) in [5.41, 5.74) is 0.981. The van der Waals surface area contributed by atoms with Crippen molar-refractivity contribution in [2.75, 3.05) is 13.2 Å². The molecule has 0 saturated heterocycles. The van der Waals surface area contributed by atoms with Crippen LogP contribution in [0.3, 0.4) is 0 Å². The number of ether oxygens (including phenoxy) is 1. The summed E-state index contributed by atoms with van der Waals surface area (Å²) < 4.78 is 17.7. The summed E-state index contributed by atoms with van der Waals surface area (Å²) >= 11 is 0. The van der Waals surface area contributed by atoms with Gasteiger partial charge in [0.1, 0.15) is 5.82 Å². The van der Waals surface area contributed by atoms with Gasteiger partial charge in [0.2, 0.25) is 0 Å². The zero-order chi connectivity index (χ0) is 13.5. The van der Waals surface area contributed by atoms with Crippen LogP contribution in [0.15, 0.2) is 24.3 Å². The molecule has 0 bridgehead atoms. The van der Waals surface area contributed by atoms with E-state index in [-0.39, 0.29) is 24.4 Å². The van der Waals surface area contributed by atoms with E-state index < -0.39 is 0 Å². The standard InChI is InChI=1S/C14H20FNO2/c1-4-18-14(17)10-16(11(2)3)9-12-5-7-13(15)8-6-12/h5-8,11H,4,9-10H2,1-3H3. The molecule has 0 aliphatic rings. The molecule has 0 aromatic heterocycles. The SMILES string of the molecule is CCOC(=O)CN(Cc1ccc(F)cc1)C(C)C. The molecule has 3 nitrogen and oxygen atoms in total. The van der Waals surface area contributed by atoms with Gasteiger partial charge in [-0.1, -0.05) is 12.1 Å². The third-order valence-electron chi connectivity index (χ3n) is 2.67. The Morgan fingerprint density at radius 1 is 1.33 bits per heavy atom. The number of nitrogens with zero attached hydrogens (tertiary/aromatic N) is 1. The zero-order valence-corrected chi connectivity index (χ0v) is 11.1. The molecule has 1 aromatic rings. The molecule has 0 atom stereocenters. The third kappa shape index (κ3) is 4.84. The summed E-state index contributed by atoms with van der Waals surface area (Å²) in [7, 11) is 0. The van der Waals surface area contributed by atoms with Crippen molar-refractivity contribution in [3.8, 4) is 0 Å². The summed E-state index contributed by atoms with van der Waals surface area (Å²) in [4.78, 5) is 13.5. The van der Waals surface area contributed by atoms with E-state index in [1.807, 2.05) is 18.7 Å². The number of hydrogen-bond acceptors (Lipinski definition) is 3. The fraction of sp³-hybridized carbons (Fsp3) is 0.500. The molecule has 0 spiro atoms. The van der Waals surface area contributed by atoms with Crippen LogP contribution >= 0.6 is 0 Å². The minimum atomic E-state index is -0.250. The Labute approximate surface area is 108 Å². The van der Waals surface area contributed by atoms with Gasteiger partial charge < -0.3 is 4.74 Å². The van der Waals surface area contributed by atoms with Gasteiger partial charge in [-0.05, 0) is 38.5 Å². The van der Waals surface area contributed by atoms with Crippen molar-refractivity contribution in [1.29, 1.82) is 0 Å². The van der Waals surface area contributed by atoms with Crippen molar-refractivity contribution in [3.05, 3.63) is 35.6 Å². The quantitative estimate of drug-likeness (QED) is 0.730. The first-order valence-corrected chi connectivity index (χ1v) is 6.17. The second kappa shape index (κ2) is 7.11. The van der Waals surface area contributed by atoms with Crippen molar-refractivity contribution < 1.29 is 13.9 Å². The number of halogens is 1. The van der Waals surface area contributed by atoms with Gasteiger partial charge >= 0.3 is 5.97 Å². The van der Waals surface area contributed by atoms with E-state index in [1.165, 1.54) is 12.1 Å². The minimum absolute atomic E-state index is 0.222. The predicted molar refractivity (Wildman–Crippen MR) is 68.6 cm³/mol. The Morgan fingerprint density at radius 3 is 2.44 bits per heavy atom. The van der Waals surface area contributed by atoms with E-state index in [0.29, 0.717) is 13.2 Å². The molecule has 1 aromatic carbocycles. The van der Waals surface area contributed by atoms with Gasteiger partial charge in [-0.2, -0.15) is 0 Å². The second-order valence-corrected chi connectivity index (χ2v) is 4.43. The molecule has 1 rings (SSSR count). The monoisotopic (exact) mass is 253 g/mol. The maximum Gasteiger partial charge on any atom is 0.320 e. The highest BCUT2D eigenvalue weighted by Crippen LogP contribution is 2.09. The van der Waals surface area contributed by atoms with Crippen molar-refractivity contribution in [1.82, 2.24) is 4.90 Å². The number of carbonyl (C=O) groups is 1. The average Bonchev–Trinajstić information content (AvgIpc) is 2.31. The van der Waals surface area contributed by atoms with Crippen LogP contribution in [0.2, 0.25) is 0 Å². The molecule has 0 radical (unpaired) electrons. The van der Waals surface area contributed by atoms with E-state index in [1.54, 1.807) is 19.1 Å². The van der Waals surface area contributed by atoms with Gasteiger partial charge in [-0.15, -0.1) is 0 Å². The Morgan fingerprint density at radius 2 is 1.94 bits per heavy atom. The van der Waals surface area contributed by atoms with Crippen LogP contribution in [0.1, 0.15) is 26.3 Å². The fourth-order valence-electron chi connectivity index (χ4n) is 1.62. The lowest BCUT2D eigenvalue weighted by molar-refractivity contribution is -0.145. The highest BCUT2D eigenvalue weighted by Gasteiger charge is 2.15. The smallest absolute Gasteiger partial charge is 0.320 e. The summed E-state index contributed by atoms with van der Waals surface area (Å²) in [6.07, 6.45) is 0. The molecular weight excluding hydrogens is 233 g/mol. The van der Waals surface area contributed by atoms with Crippen LogP contribution in [0, 0.1) is 5.82 Å². The average molecular weight is 253 g/mol. The number of esters is 1. The fourth-order valence-corrected chi connectivity index (χ4v) is 1.62. The molecule has 18 heavy (non-hydrogen) atoms. The zero-order valence-electron chi connectivity index (χ0n) is 11.1. The largest absolute Gasteiger partial charge is 0.465 e. The first-order valence-electron chi connectivity index (χ1n) is 6.17. The molecular formula is C14H20FNO2. The number of hydrogen-bond donors (Lipinski definition) is 0.